The number of nitrogens with zero attached hydrogens (tertiary/aromatic N) is 2. The van der Waals surface area contributed by atoms with Gasteiger partial charge in [-0.1, -0.05) is 23.7 Å². The normalized spacial score (nSPS) is 11.0. The number of carbonyl (C=O) groups is 1. The van der Waals surface area contributed by atoms with Crippen LogP contribution in [-0.4, -0.2) is 22.8 Å². The fourth-order valence-corrected chi connectivity index (χ4v) is 3.80. The van der Waals surface area contributed by atoms with E-state index in [4.69, 9.17) is 16.3 Å². The Morgan fingerprint density at radius 3 is 2.40 bits per heavy atom. The topological polar surface area (TPSA) is 43.6 Å². The Balaban J connectivity index is 1.90. The monoisotopic (exact) mass is 368 g/mol. The van der Waals surface area contributed by atoms with E-state index >= 15 is 0 Å². The lowest BCUT2D eigenvalue weighted by atomic mass is 10.1. The number of hydrogen-bond acceptors (Lipinski definition) is 4. The van der Waals surface area contributed by atoms with E-state index in [0.717, 1.165) is 33.8 Å². The van der Waals surface area contributed by atoms with Crippen LogP contribution in [0, 0.1) is 0 Å². The van der Waals surface area contributed by atoms with Gasteiger partial charge in [-0.25, -0.2) is 4.98 Å². The lowest BCUT2D eigenvalue weighted by molar-refractivity contribution is 0.111. The molecule has 124 valence electrons. The first-order valence-corrected chi connectivity index (χ1v) is 8.82. The van der Waals surface area contributed by atoms with Gasteiger partial charge in [-0.15, -0.1) is 11.3 Å². The molecule has 0 spiro atoms. The van der Waals surface area contributed by atoms with E-state index in [1.54, 1.807) is 19.2 Å². The maximum absolute atomic E-state index is 11.8. The fourth-order valence-electron chi connectivity index (χ4n) is 2.77. The van der Waals surface area contributed by atoms with Crippen molar-refractivity contribution in [3.63, 3.8) is 0 Å². The number of halogens is 1. The van der Waals surface area contributed by atoms with Gasteiger partial charge >= 0.3 is 0 Å². The molecule has 0 aliphatic heterocycles. The molecule has 4 rings (SSSR count). The summed E-state index contributed by atoms with van der Waals surface area (Å²) in [6.45, 7) is 0. The highest BCUT2D eigenvalue weighted by Gasteiger charge is 2.18. The van der Waals surface area contributed by atoms with Crippen LogP contribution in [0.2, 0.25) is 5.02 Å². The second-order valence-electron chi connectivity index (χ2n) is 5.44. The molecule has 6 heteroatoms. The van der Waals surface area contributed by atoms with Gasteiger partial charge in [0.15, 0.2) is 11.2 Å². The molecular formula is C19H13ClN2O2S. The average molecular weight is 369 g/mol. The van der Waals surface area contributed by atoms with Crippen LogP contribution in [0.25, 0.3) is 27.5 Å². The Morgan fingerprint density at radius 1 is 1.08 bits per heavy atom. The third-order valence-electron chi connectivity index (χ3n) is 4.01. The molecule has 2 heterocycles. The van der Waals surface area contributed by atoms with E-state index in [-0.39, 0.29) is 0 Å². The van der Waals surface area contributed by atoms with Crippen molar-refractivity contribution in [1.29, 1.82) is 0 Å². The van der Waals surface area contributed by atoms with E-state index in [1.807, 2.05) is 46.2 Å². The number of fused-ring (bicyclic) bond motifs is 1. The first-order valence-electron chi connectivity index (χ1n) is 7.57. The van der Waals surface area contributed by atoms with Crippen molar-refractivity contribution in [2.45, 2.75) is 0 Å². The van der Waals surface area contributed by atoms with Crippen LogP contribution in [0.1, 0.15) is 10.5 Å². The van der Waals surface area contributed by atoms with Crippen LogP contribution in [0.4, 0.5) is 0 Å². The predicted octanol–water partition coefficient (Wildman–Crippen LogP) is 5.20. The van der Waals surface area contributed by atoms with E-state index in [2.05, 4.69) is 4.98 Å². The summed E-state index contributed by atoms with van der Waals surface area (Å²) in [7, 11) is 1.64. The van der Waals surface area contributed by atoms with E-state index < -0.39 is 0 Å². The molecule has 2 aromatic heterocycles. The Morgan fingerprint density at radius 2 is 1.76 bits per heavy atom. The first kappa shape index (κ1) is 15.9. The number of ether oxygens (including phenoxy) is 1. The van der Waals surface area contributed by atoms with Crippen LogP contribution in [0.3, 0.4) is 0 Å². The molecule has 0 saturated heterocycles. The minimum absolute atomic E-state index is 0.532. The van der Waals surface area contributed by atoms with E-state index in [1.165, 1.54) is 11.3 Å². The number of thiazole rings is 1. The zero-order valence-corrected chi connectivity index (χ0v) is 14.8. The van der Waals surface area contributed by atoms with Gasteiger partial charge in [0, 0.05) is 16.0 Å². The minimum atomic E-state index is 0.532. The average Bonchev–Trinajstić information content (AvgIpc) is 3.21. The van der Waals surface area contributed by atoms with E-state index in [0.29, 0.717) is 16.4 Å². The highest BCUT2D eigenvalue weighted by atomic mass is 35.5. The second kappa shape index (κ2) is 6.35. The fraction of sp³-hybridized carbons (Fsp3) is 0.0526. The lowest BCUT2D eigenvalue weighted by Gasteiger charge is -2.04. The summed E-state index contributed by atoms with van der Waals surface area (Å²) in [5.41, 5.74) is 3.98. The number of aldehydes is 1. The summed E-state index contributed by atoms with van der Waals surface area (Å²) in [4.78, 5) is 17.2. The van der Waals surface area contributed by atoms with Gasteiger partial charge in [-0.2, -0.15) is 0 Å². The largest absolute Gasteiger partial charge is 0.497 e. The van der Waals surface area contributed by atoms with Crippen LogP contribution < -0.4 is 4.74 Å². The van der Waals surface area contributed by atoms with Gasteiger partial charge in [0.1, 0.15) is 17.1 Å². The van der Waals surface area contributed by atoms with Gasteiger partial charge in [-0.3, -0.25) is 9.20 Å². The second-order valence-corrected chi connectivity index (χ2v) is 6.71. The van der Waals surface area contributed by atoms with Crippen molar-refractivity contribution in [3.05, 3.63) is 64.6 Å². The number of methoxy groups -OCH3 is 1. The molecule has 0 unspecified atom stereocenters. The van der Waals surface area contributed by atoms with Gasteiger partial charge in [0.25, 0.3) is 0 Å². The summed E-state index contributed by atoms with van der Waals surface area (Å²) < 4.78 is 7.10. The maximum atomic E-state index is 11.8. The zero-order valence-electron chi connectivity index (χ0n) is 13.3. The van der Waals surface area contributed by atoms with E-state index in [9.17, 15) is 4.79 Å². The zero-order chi connectivity index (χ0) is 17.4. The number of hydrogen-bond donors (Lipinski definition) is 0. The van der Waals surface area contributed by atoms with Crippen molar-refractivity contribution >= 4 is 34.2 Å². The number of benzene rings is 2. The van der Waals surface area contributed by atoms with Crippen molar-refractivity contribution < 1.29 is 9.53 Å². The van der Waals surface area contributed by atoms with Gasteiger partial charge in [0.05, 0.1) is 12.8 Å². The van der Waals surface area contributed by atoms with Crippen LogP contribution in [0.5, 0.6) is 5.75 Å². The third kappa shape index (κ3) is 2.71. The molecule has 25 heavy (non-hydrogen) atoms. The SMILES string of the molecule is COc1ccc(-c2csc3nc(-c4ccc(Cl)cc4)c(C=O)n23)cc1. The molecule has 0 N–H and O–H groups in total. The minimum Gasteiger partial charge on any atom is -0.497 e. The van der Waals surface area contributed by atoms with Crippen LogP contribution in [-0.2, 0) is 0 Å². The van der Waals surface area contributed by atoms with Crippen LogP contribution >= 0.6 is 22.9 Å². The summed E-state index contributed by atoms with van der Waals surface area (Å²) in [5, 5.41) is 2.65. The Labute approximate surface area is 153 Å². The number of rotatable bonds is 4. The summed E-state index contributed by atoms with van der Waals surface area (Å²) >= 11 is 7.46. The Hall–Kier alpha value is -2.63. The standard InChI is InChI=1S/C19H13ClN2O2S/c1-24-15-8-4-12(5-9-15)17-11-25-19-21-18(16(10-23)22(17)19)13-2-6-14(20)7-3-13/h2-11H,1H3. The summed E-state index contributed by atoms with van der Waals surface area (Å²) in [5.74, 6) is 0.790. The smallest absolute Gasteiger partial charge is 0.195 e. The molecule has 0 aliphatic carbocycles. The van der Waals surface area contributed by atoms with Crippen molar-refractivity contribution in [2.24, 2.45) is 0 Å². The summed E-state index contributed by atoms with van der Waals surface area (Å²) in [6, 6.07) is 15.1. The first-order chi connectivity index (χ1) is 12.2. The predicted molar refractivity (Wildman–Crippen MR) is 101 cm³/mol. The molecule has 4 aromatic rings. The highest BCUT2D eigenvalue weighted by molar-refractivity contribution is 7.15. The number of imidazole rings is 1. The van der Waals surface area contributed by atoms with Gasteiger partial charge in [0.2, 0.25) is 0 Å². The molecule has 0 aliphatic rings. The van der Waals surface area contributed by atoms with Crippen molar-refractivity contribution in [2.75, 3.05) is 7.11 Å². The molecular weight excluding hydrogens is 356 g/mol. The Bertz CT molecular complexity index is 1050. The van der Waals surface area contributed by atoms with Gasteiger partial charge < -0.3 is 4.74 Å². The molecule has 0 radical (unpaired) electrons. The Kier molecular flexibility index (Phi) is 4.03. The molecule has 0 atom stereocenters. The molecule has 0 saturated carbocycles. The lowest BCUT2D eigenvalue weighted by Crippen LogP contribution is -1.94. The number of carbonyl (C=O) groups excluding carboxylic acids is 1. The third-order valence-corrected chi connectivity index (χ3v) is 5.09. The molecule has 0 fully saturated rings. The molecule has 0 amide bonds. The quantitative estimate of drug-likeness (QED) is 0.465. The summed E-state index contributed by atoms with van der Waals surface area (Å²) in [6.07, 6.45) is 0.851. The van der Waals surface area contributed by atoms with Crippen LogP contribution in [0.15, 0.2) is 53.9 Å². The van der Waals surface area contributed by atoms with Gasteiger partial charge in [-0.05, 0) is 42.0 Å². The van der Waals surface area contributed by atoms with Crippen molar-refractivity contribution in [1.82, 2.24) is 9.38 Å². The highest BCUT2D eigenvalue weighted by Crippen LogP contribution is 2.33. The number of aromatic nitrogens is 2. The molecule has 0 bridgehead atoms. The molecule has 4 nitrogen and oxygen atoms in total. The maximum Gasteiger partial charge on any atom is 0.195 e. The van der Waals surface area contributed by atoms with Crippen molar-refractivity contribution in [3.8, 4) is 28.3 Å². The molecule has 2 aromatic carbocycles.